The first-order chi connectivity index (χ1) is 13.3. The first-order valence-corrected chi connectivity index (χ1v) is 9.13. The highest BCUT2D eigenvalue weighted by Crippen LogP contribution is 2.16. The summed E-state index contributed by atoms with van der Waals surface area (Å²) < 4.78 is 15.9. The van der Waals surface area contributed by atoms with Crippen molar-refractivity contribution in [2.45, 2.75) is 39.8 Å². The van der Waals surface area contributed by atoms with Crippen molar-refractivity contribution in [1.82, 2.24) is 9.13 Å². The molecule has 3 aromatic rings. The zero-order chi connectivity index (χ0) is 20.4. The molecule has 3 rings (SSSR count). The van der Waals surface area contributed by atoms with Crippen LogP contribution >= 0.6 is 0 Å². The van der Waals surface area contributed by atoms with Crippen LogP contribution in [-0.4, -0.2) is 15.0 Å². The van der Waals surface area contributed by atoms with Crippen molar-refractivity contribution in [2.24, 2.45) is 0 Å². The second kappa shape index (κ2) is 7.80. The van der Waals surface area contributed by atoms with Crippen LogP contribution in [-0.2, 0) is 11.3 Å². The van der Waals surface area contributed by atoms with Crippen molar-refractivity contribution in [2.75, 3.05) is 5.32 Å². The SMILES string of the molecule is CCC(C)n1c(=O)c2ccccc2n(CC(=O)Nc2cc(F)ccc2C)c1=O. The van der Waals surface area contributed by atoms with E-state index in [9.17, 15) is 18.8 Å². The van der Waals surface area contributed by atoms with Crippen LogP contribution in [0.4, 0.5) is 10.1 Å². The van der Waals surface area contributed by atoms with Gasteiger partial charge in [-0.15, -0.1) is 0 Å². The first-order valence-electron chi connectivity index (χ1n) is 9.13. The van der Waals surface area contributed by atoms with Gasteiger partial charge in [-0.1, -0.05) is 25.1 Å². The number of nitrogens with one attached hydrogen (secondary N) is 1. The molecule has 0 bridgehead atoms. The summed E-state index contributed by atoms with van der Waals surface area (Å²) in [6.07, 6.45) is 0.599. The summed E-state index contributed by atoms with van der Waals surface area (Å²) in [6.45, 7) is 5.14. The van der Waals surface area contributed by atoms with E-state index in [-0.39, 0.29) is 18.1 Å². The maximum absolute atomic E-state index is 13.5. The molecule has 1 amide bonds. The summed E-state index contributed by atoms with van der Waals surface area (Å²) in [5.41, 5.74) is 0.536. The first kappa shape index (κ1) is 19.5. The number of nitrogens with zero attached hydrogens (tertiary/aromatic N) is 2. The van der Waals surface area contributed by atoms with Crippen molar-refractivity contribution in [3.8, 4) is 0 Å². The van der Waals surface area contributed by atoms with Crippen molar-refractivity contribution in [1.29, 1.82) is 0 Å². The molecule has 1 heterocycles. The van der Waals surface area contributed by atoms with E-state index in [4.69, 9.17) is 0 Å². The molecule has 1 atom stereocenters. The van der Waals surface area contributed by atoms with E-state index in [2.05, 4.69) is 5.32 Å². The fraction of sp³-hybridized carbons (Fsp3) is 0.286. The number of anilines is 1. The number of amides is 1. The Balaban J connectivity index is 2.07. The summed E-state index contributed by atoms with van der Waals surface area (Å²) in [5, 5.41) is 3.02. The van der Waals surface area contributed by atoms with Gasteiger partial charge < -0.3 is 5.32 Å². The molecular formula is C21H22FN3O3. The fourth-order valence-corrected chi connectivity index (χ4v) is 3.13. The molecule has 1 aromatic heterocycles. The number of fused-ring (bicyclic) bond motifs is 1. The molecule has 0 saturated carbocycles. The van der Waals surface area contributed by atoms with Gasteiger partial charge in [0, 0.05) is 11.7 Å². The van der Waals surface area contributed by atoms with E-state index in [1.165, 1.54) is 21.3 Å². The standard InChI is InChI=1S/C21H22FN3O3/c1-4-14(3)25-20(27)16-7-5-6-8-18(16)24(21(25)28)12-19(26)23-17-11-15(22)10-9-13(17)2/h5-11,14H,4,12H2,1-3H3,(H,23,26). The molecule has 0 radical (unpaired) electrons. The molecule has 2 aromatic carbocycles. The lowest BCUT2D eigenvalue weighted by Crippen LogP contribution is -2.43. The Bertz CT molecular complexity index is 1160. The van der Waals surface area contributed by atoms with Crippen LogP contribution in [0.15, 0.2) is 52.1 Å². The molecule has 7 heteroatoms. The quantitative estimate of drug-likeness (QED) is 0.735. The number of halogens is 1. The van der Waals surface area contributed by atoms with Gasteiger partial charge in [0.25, 0.3) is 5.56 Å². The Morgan fingerprint density at radius 1 is 1.18 bits per heavy atom. The number of hydrogen-bond donors (Lipinski definition) is 1. The molecule has 28 heavy (non-hydrogen) atoms. The Kier molecular flexibility index (Phi) is 5.44. The molecule has 0 fully saturated rings. The van der Waals surface area contributed by atoms with E-state index in [0.29, 0.717) is 28.6 Å². The highest BCUT2D eigenvalue weighted by Gasteiger charge is 2.18. The highest BCUT2D eigenvalue weighted by molar-refractivity contribution is 5.92. The maximum atomic E-state index is 13.5. The molecular weight excluding hydrogens is 361 g/mol. The third kappa shape index (κ3) is 3.60. The molecule has 0 spiro atoms. The van der Waals surface area contributed by atoms with Crippen molar-refractivity contribution in [3.63, 3.8) is 0 Å². The van der Waals surface area contributed by atoms with Crippen molar-refractivity contribution in [3.05, 3.63) is 74.7 Å². The Labute approximate surface area is 161 Å². The molecule has 1 N–H and O–H groups in total. The minimum atomic E-state index is -0.538. The molecule has 0 aliphatic heterocycles. The normalized spacial score (nSPS) is 12.1. The van der Waals surface area contributed by atoms with Crippen LogP contribution in [0.3, 0.4) is 0 Å². The van der Waals surface area contributed by atoms with Crippen LogP contribution < -0.4 is 16.6 Å². The largest absolute Gasteiger partial charge is 0.332 e. The second-order valence-corrected chi connectivity index (χ2v) is 6.83. The molecule has 0 aliphatic carbocycles. The fourth-order valence-electron chi connectivity index (χ4n) is 3.13. The van der Waals surface area contributed by atoms with E-state index in [0.717, 1.165) is 0 Å². The molecule has 6 nitrogen and oxygen atoms in total. The number of rotatable bonds is 5. The van der Waals surface area contributed by atoms with Crippen LogP contribution in [0, 0.1) is 12.7 Å². The summed E-state index contributed by atoms with van der Waals surface area (Å²) in [5.74, 6) is -0.941. The summed E-state index contributed by atoms with van der Waals surface area (Å²) >= 11 is 0. The Morgan fingerprint density at radius 3 is 2.61 bits per heavy atom. The van der Waals surface area contributed by atoms with E-state index < -0.39 is 17.4 Å². The molecule has 0 aliphatic rings. The number of benzene rings is 2. The summed E-state index contributed by atoms with van der Waals surface area (Å²) in [4.78, 5) is 38.4. The van der Waals surface area contributed by atoms with Gasteiger partial charge in [-0.05, 0) is 50.1 Å². The highest BCUT2D eigenvalue weighted by atomic mass is 19.1. The maximum Gasteiger partial charge on any atom is 0.332 e. The smallest absolute Gasteiger partial charge is 0.324 e. The van der Waals surface area contributed by atoms with E-state index in [1.807, 2.05) is 6.92 Å². The summed E-state index contributed by atoms with van der Waals surface area (Å²) in [6, 6.07) is 10.5. The topological polar surface area (TPSA) is 73.1 Å². The van der Waals surface area contributed by atoms with Gasteiger partial charge in [0.1, 0.15) is 12.4 Å². The van der Waals surface area contributed by atoms with Gasteiger partial charge in [-0.2, -0.15) is 0 Å². The monoisotopic (exact) mass is 383 g/mol. The minimum absolute atomic E-state index is 0.286. The zero-order valence-corrected chi connectivity index (χ0v) is 16.0. The van der Waals surface area contributed by atoms with Crippen LogP contribution in [0.1, 0.15) is 31.9 Å². The lowest BCUT2D eigenvalue weighted by Gasteiger charge is -2.17. The number of para-hydroxylation sites is 1. The molecule has 146 valence electrons. The van der Waals surface area contributed by atoms with Crippen LogP contribution in [0.25, 0.3) is 10.9 Å². The van der Waals surface area contributed by atoms with Crippen molar-refractivity contribution < 1.29 is 9.18 Å². The molecule has 0 saturated heterocycles. The van der Waals surface area contributed by atoms with E-state index in [1.54, 1.807) is 44.2 Å². The van der Waals surface area contributed by atoms with Crippen LogP contribution in [0.5, 0.6) is 0 Å². The Hall–Kier alpha value is -3.22. The third-order valence-corrected chi connectivity index (χ3v) is 4.89. The summed E-state index contributed by atoms with van der Waals surface area (Å²) in [7, 11) is 0. The third-order valence-electron chi connectivity index (χ3n) is 4.89. The van der Waals surface area contributed by atoms with Gasteiger partial charge in [0.2, 0.25) is 5.91 Å². The number of carbonyl (C=O) groups excluding carboxylic acids is 1. The number of aromatic nitrogens is 2. The van der Waals surface area contributed by atoms with Gasteiger partial charge >= 0.3 is 5.69 Å². The number of aryl methyl sites for hydroxylation is 1. The van der Waals surface area contributed by atoms with Gasteiger partial charge in [0.05, 0.1) is 10.9 Å². The van der Waals surface area contributed by atoms with Crippen LogP contribution in [0.2, 0.25) is 0 Å². The Morgan fingerprint density at radius 2 is 1.89 bits per heavy atom. The predicted molar refractivity (Wildman–Crippen MR) is 107 cm³/mol. The van der Waals surface area contributed by atoms with Gasteiger partial charge in [-0.3, -0.25) is 18.7 Å². The van der Waals surface area contributed by atoms with E-state index >= 15 is 0 Å². The lowest BCUT2D eigenvalue weighted by atomic mass is 10.2. The predicted octanol–water partition coefficient (Wildman–Crippen LogP) is 3.22. The second-order valence-electron chi connectivity index (χ2n) is 6.83. The number of hydrogen-bond acceptors (Lipinski definition) is 3. The van der Waals surface area contributed by atoms with Crippen molar-refractivity contribution >= 4 is 22.5 Å². The van der Waals surface area contributed by atoms with Gasteiger partial charge in [0.15, 0.2) is 0 Å². The number of carbonyl (C=O) groups is 1. The minimum Gasteiger partial charge on any atom is -0.324 e. The zero-order valence-electron chi connectivity index (χ0n) is 16.0. The average molecular weight is 383 g/mol. The van der Waals surface area contributed by atoms with Gasteiger partial charge in [-0.25, -0.2) is 9.18 Å². The lowest BCUT2D eigenvalue weighted by molar-refractivity contribution is -0.116. The molecule has 1 unspecified atom stereocenters. The average Bonchev–Trinajstić information content (AvgIpc) is 2.68.